The maximum atomic E-state index is 11.6. The van der Waals surface area contributed by atoms with Crippen LogP contribution in [0.25, 0.3) is 0 Å². The third kappa shape index (κ3) is 5.59. The van der Waals surface area contributed by atoms with Crippen molar-refractivity contribution in [2.24, 2.45) is 0 Å². The summed E-state index contributed by atoms with van der Waals surface area (Å²) in [5.41, 5.74) is 0.712. The van der Waals surface area contributed by atoms with Crippen molar-refractivity contribution in [1.29, 1.82) is 0 Å². The molecular weight excluding hydrogens is 348 g/mol. The first kappa shape index (κ1) is 17.2. The fourth-order valence-electron chi connectivity index (χ4n) is 2.18. The van der Waals surface area contributed by atoms with Crippen LogP contribution in [0.15, 0.2) is 28.7 Å². The molecule has 1 heterocycles. The van der Waals surface area contributed by atoms with E-state index in [0.717, 1.165) is 4.47 Å². The Balaban J connectivity index is 1.73. The monoisotopic (exact) mass is 370 g/mol. The molecule has 2 unspecified atom stereocenters. The average Bonchev–Trinajstić information content (AvgIpc) is 2.45. The Kier molecular flexibility index (Phi) is 5.83. The van der Waals surface area contributed by atoms with Crippen LogP contribution in [0.5, 0.6) is 0 Å². The number of nitrogens with one attached hydrogen (secondary N) is 2. The number of hydrogen-bond acceptors (Lipinski definition) is 4. The van der Waals surface area contributed by atoms with Crippen molar-refractivity contribution < 1.29 is 14.3 Å². The van der Waals surface area contributed by atoms with Crippen molar-refractivity contribution in [3.05, 3.63) is 34.3 Å². The van der Waals surface area contributed by atoms with Gasteiger partial charge in [-0.2, -0.15) is 0 Å². The zero-order valence-electron chi connectivity index (χ0n) is 13.2. The molecule has 0 saturated carbocycles. The van der Waals surface area contributed by atoms with Gasteiger partial charge in [-0.15, -0.1) is 0 Å². The van der Waals surface area contributed by atoms with Crippen LogP contribution >= 0.6 is 15.9 Å². The predicted octanol–water partition coefficient (Wildman–Crippen LogP) is 3.00. The molecule has 0 radical (unpaired) electrons. The van der Waals surface area contributed by atoms with Gasteiger partial charge in [-0.05, 0) is 38.5 Å². The molecule has 1 saturated heterocycles. The van der Waals surface area contributed by atoms with E-state index in [1.54, 1.807) is 0 Å². The van der Waals surface area contributed by atoms with Gasteiger partial charge in [0.05, 0.1) is 18.8 Å². The fraction of sp³-hybridized carbons (Fsp3) is 0.562. The van der Waals surface area contributed by atoms with Gasteiger partial charge in [0.15, 0.2) is 0 Å². The van der Waals surface area contributed by atoms with Gasteiger partial charge >= 0.3 is 6.09 Å². The number of ether oxygens (including phenoxy) is 2. The van der Waals surface area contributed by atoms with Crippen LogP contribution in [-0.2, 0) is 9.47 Å². The molecule has 2 N–H and O–H groups in total. The predicted molar refractivity (Wildman–Crippen MR) is 88.9 cm³/mol. The Morgan fingerprint density at radius 3 is 2.64 bits per heavy atom. The number of benzene rings is 1. The molecule has 0 aliphatic carbocycles. The third-order valence-corrected chi connectivity index (χ3v) is 3.76. The molecule has 122 valence electrons. The number of amides is 1. The molecule has 1 aliphatic rings. The summed E-state index contributed by atoms with van der Waals surface area (Å²) in [6, 6.07) is 8.38. The van der Waals surface area contributed by atoms with E-state index < -0.39 is 11.7 Å². The van der Waals surface area contributed by atoms with E-state index in [2.05, 4.69) is 38.7 Å². The molecule has 1 fully saturated rings. The van der Waals surface area contributed by atoms with E-state index in [9.17, 15) is 4.79 Å². The van der Waals surface area contributed by atoms with Gasteiger partial charge in [0.2, 0.25) is 0 Å². The molecule has 22 heavy (non-hydrogen) atoms. The largest absolute Gasteiger partial charge is 0.444 e. The first-order valence-electron chi connectivity index (χ1n) is 7.41. The minimum absolute atomic E-state index is 0.0424. The summed E-state index contributed by atoms with van der Waals surface area (Å²) < 4.78 is 12.1. The Hall–Kier alpha value is -1.11. The zero-order valence-corrected chi connectivity index (χ0v) is 14.8. The minimum Gasteiger partial charge on any atom is -0.444 e. The zero-order chi connectivity index (χ0) is 16.2. The van der Waals surface area contributed by atoms with Crippen LogP contribution in [0.1, 0.15) is 32.4 Å². The topological polar surface area (TPSA) is 59.6 Å². The van der Waals surface area contributed by atoms with E-state index in [0.29, 0.717) is 19.7 Å². The second-order valence-corrected chi connectivity index (χ2v) is 7.27. The summed E-state index contributed by atoms with van der Waals surface area (Å²) in [6.07, 6.45) is -0.453. The first-order valence-corrected chi connectivity index (χ1v) is 8.20. The van der Waals surface area contributed by atoms with E-state index in [4.69, 9.17) is 9.47 Å². The first-order chi connectivity index (χ1) is 10.3. The molecule has 6 heteroatoms. The van der Waals surface area contributed by atoms with Gasteiger partial charge in [0.25, 0.3) is 0 Å². The van der Waals surface area contributed by atoms with Crippen LogP contribution < -0.4 is 10.6 Å². The second-order valence-electron chi connectivity index (χ2n) is 6.35. The minimum atomic E-state index is -0.484. The lowest BCUT2D eigenvalue weighted by Crippen LogP contribution is -2.47. The third-order valence-electron chi connectivity index (χ3n) is 3.24. The quantitative estimate of drug-likeness (QED) is 0.858. The van der Waals surface area contributed by atoms with Crippen molar-refractivity contribution in [3.63, 3.8) is 0 Å². The SMILES string of the molecule is CC(C)(C)OC(=O)NCC1CNC(c2ccc(Br)cc2)CO1. The molecule has 1 amide bonds. The number of alkyl carbamates (subject to hydrolysis) is 1. The maximum absolute atomic E-state index is 11.6. The molecule has 1 aliphatic heterocycles. The van der Waals surface area contributed by atoms with Crippen molar-refractivity contribution >= 4 is 22.0 Å². The smallest absolute Gasteiger partial charge is 0.407 e. The van der Waals surface area contributed by atoms with Gasteiger partial charge in [-0.3, -0.25) is 0 Å². The highest BCUT2D eigenvalue weighted by Crippen LogP contribution is 2.20. The number of morpholine rings is 1. The lowest BCUT2D eigenvalue weighted by Gasteiger charge is -2.31. The number of carbonyl (C=O) groups is 1. The lowest BCUT2D eigenvalue weighted by molar-refractivity contribution is 0.000670. The van der Waals surface area contributed by atoms with Crippen molar-refractivity contribution in [3.8, 4) is 0 Å². The molecule has 1 aromatic carbocycles. The summed E-state index contributed by atoms with van der Waals surface area (Å²) in [5, 5.41) is 6.18. The molecular formula is C16H23BrN2O3. The van der Waals surface area contributed by atoms with Crippen LogP contribution in [0.4, 0.5) is 4.79 Å². The van der Waals surface area contributed by atoms with E-state index in [-0.39, 0.29) is 12.1 Å². The van der Waals surface area contributed by atoms with Crippen LogP contribution in [0.2, 0.25) is 0 Å². The Labute approximate surface area is 139 Å². The summed E-state index contributed by atoms with van der Waals surface area (Å²) in [7, 11) is 0. The number of carbonyl (C=O) groups excluding carboxylic acids is 1. The van der Waals surface area contributed by atoms with E-state index in [1.807, 2.05) is 32.9 Å². The molecule has 5 nitrogen and oxygen atoms in total. The van der Waals surface area contributed by atoms with Crippen LogP contribution in [0.3, 0.4) is 0 Å². The molecule has 0 aromatic heterocycles. The summed E-state index contributed by atoms with van der Waals surface area (Å²) in [5.74, 6) is 0. The molecule has 2 rings (SSSR count). The fourth-order valence-corrected chi connectivity index (χ4v) is 2.44. The standard InChI is InChI=1S/C16H23BrN2O3/c1-16(2,3)22-15(20)19-9-13-8-18-14(10-21-13)11-4-6-12(17)7-5-11/h4-7,13-14,18H,8-10H2,1-3H3,(H,19,20). The van der Waals surface area contributed by atoms with E-state index in [1.165, 1.54) is 5.56 Å². The summed E-state index contributed by atoms with van der Waals surface area (Å²) in [6.45, 7) is 7.24. The molecule has 1 aromatic rings. The Morgan fingerprint density at radius 2 is 2.09 bits per heavy atom. The molecule has 0 bridgehead atoms. The van der Waals surface area contributed by atoms with Crippen molar-refractivity contribution in [2.75, 3.05) is 19.7 Å². The van der Waals surface area contributed by atoms with Gasteiger partial charge in [0, 0.05) is 17.6 Å². The van der Waals surface area contributed by atoms with Gasteiger partial charge in [-0.25, -0.2) is 4.79 Å². The highest BCUT2D eigenvalue weighted by molar-refractivity contribution is 9.10. The second kappa shape index (κ2) is 7.44. The highest BCUT2D eigenvalue weighted by Gasteiger charge is 2.23. The normalized spacial score (nSPS) is 22.2. The molecule has 2 atom stereocenters. The number of hydrogen-bond donors (Lipinski definition) is 2. The van der Waals surface area contributed by atoms with Crippen molar-refractivity contribution in [2.45, 2.75) is 38.5 Å². The lowest BCUT2D eigenvalue weighted by atomic mass is 10.1. The van der Waals surface area contributed by atoms with E-state index >= 15 is 0 Å². The van der Waals surface area contributed by atoms with Gasteiger partial charge in [-0.1, -0.05) is 28.1 Å². The summed E-state index contributed by atoms with van der Waals surface area (Å²) >= 11 is 3.43. The maximum Gasteiger partial charge on any atom is 0.407 e. The van der Waals surface area contributed by atoms with Crippen molar-refractivity contribution in [1.82, 2.24) is 10.6 Å². The highest BCUT2D eigenvalue weighted by atomic mass is 79.9. The number of halogens is 1. The number of rotatable bonds is 3. The average molecular weight is 371 g/mol. The van der Waals surface area contributed by atoms with Gasteiger partial charge in [0.1, 0.15) is 5.60 Å². The van der Waals surface area contributed by atoms with Gasteiger partial charge < -0.3 is 20.1 Å². The Bertz CT molecular complexity index is 491. The summed E-state index contributed by atoms with van der Waals surface area (Å²) in [4.78, 5) is 11.6. The van der Waals surface area contributed by atoms with Crippen LogP contribution in [-0.4, -0.2) is 37.5 Å². The van der Waals surface area contributed by atoms with Crippen LogP contribution in [0, 0.1) is 0 Å². The molecule has 0 spiro atoms. The Morgan fingerprint density at radius 1 is 1.41 bits per heavy atom.